The van der Waals surface area contributed by atoms with Crippen molar-refractivity contribution in [2.75, 3.05) is 10.8 Å². The van der Waals surface area contributed by atoms with E-state index in [1.54, 1.807) is 45.0 Å². The Morgan fingerprint density at radius 2 is 1.51 bits per heavy atom. The number of nitrogens with one attached hydrogen (secondary N) is 1. The van der Waals surface area contributed by atoms with Gasteiger partial charge >= 0.3 is 6.18 Å². The van der Waals surface area contributed by atoms with E-state index >= 15 is 0 Å². The fourth-order valence-corrected chi connectivity index (χ4v) is 5.60. The summed E-state index contributed by atoms with van der Waals surface area (Å²) in [4.78, 5) is 27.9. The third kappa shape index (κ3) is 8.09. The van der Waals surface area contributed by atoms with Crippen LogP contribution in [0.4, 0.5) is 18.9 Å². The van der Waals surface area contributed by atoms with Gasteiger partial charge in [0.25, 0.3) is 10.0 Å². The highest BCUT2D eigenvalue weighted by molar-refractivity contribution is 7.92. The summed E-state index contributed by atoms with van der Waals surface area (Å²) < 4.78 is 69.0. The summed E-state index contributed by atoms with van der Waals surface area (Å²) in [5.74, 6) is -1.21. The minimum atomic E-state index is -4.74. The van der Waals surface area contributed by atoms with Crippen molar-refractivity contribution < 1.29 is 31.2 Å². The molecule has 11 heteroatoms. The average molecular weight is 590 g/mol. The second-order valence-electron chi connectivity index (χ2n) is 10.2. The summed E-state index contributed by atoms with van der Waals surface area (Å²) in [6, 6.07) is 15.6. The molecule has 1 atom stereocenters. The largest absolute Gasteiger partial charge is 0.416 e. The number of rotatable bonds is 10. The van der Waals surface area contributed by atoms with Crippen LogP contribution < -0.4 is 9.62 Å². The van der Waals surface area contributed by atoms with Crippen LogP contribution >= 0.6 is 0 Å². The number of benzene rings is 3. The summed E-state index contributed by atoms with van der Waals surface area (Å²) in [5.41, 5.74) is 1.01. The van der Waals surface area contributed by atoms with Crippen LogP contribution in [0.3, 0.4) is 0 Å². The number of aryl methyl sites for hydroxylation is 2. The summed E-state index contributed by atoms with van der Waals surface area (Å²) in [6.45, 7) is 7.83. The fraction of sp³-hybridized carbons (Fsp3) is 0.333. The molecule has 0 radical (unpaired) electrons. The van der Waals surface area contributed by atoms with Crippen LogP contribution in [0.5, 0.6) is 0 Å². The maximum Gasteiger partial charge on any atom is 0.416 e. The maximum absolute atomic E-state index is 13.9. The molecule has 0 fully saturated rings. The minimum Gasteiger partial charge on any atom is -0.352 e. The topological polar surface area (TPSA) is 86.8 Å². The minimum absolute atomic E-state index is 0.0196. The monoisotopic (exact) mass is 589 g/mol. The quantitative estimate of drug-likeness (QED) is 0.340. The Morgan fingerprint density at radius 1 is 0.878 bits per heavy atom. The number of alkyl halides is 3. The first-order valence-corrected chi connectivity index (χ1v) is 14.5. The molecule has 3 rings (SSSR count). The van der Waals surface area contributed by atoms with Crippen molar-refractivity contribution in [2.45, 2.75) is 64.3 Å². The van der Waals surface area contributed by atoms with Crippen LogP contribution in [0, 0.1) is 13.8 Å². The van der Waals surface area contributed by atoms with Gasteiger partial charge in [-0.1, -0.05) is 53.6 Å². The Balaban J connectivity index is 2.10. The molecule has 3 aromatic carbocycles. The Labute approximate surface area is 239 Å². The predicted molar refractivity (Wildman–Crippen MR) is 152 cm³/mol. The molecule has 2 amide bonds. The molecule has 0 bridgehead atoms. The van der Waals surface area contributed by atoms with Crippen molar-refractivity contribution >= 4 is 27.5 Å². The normalized spacial score (nSPS) is 12.6. The molecular formula is C30H34F3N3O4S. The number of anilines is 1. The Hall–Kier alpha value is -3.86. The van der Waals surface area contributed by atoms with E-state index in [2.05, 4.69) is 5.32 Å². The van der Waals surface area contributed by atoms with Gasteiger partial charge in [0, 0.05) is 12.6 Å². The van der Waals surface area contributed by atoms with Gasteiger partial charge in [0.2, 0.25) is 11.8 Å². The highest BCUT2D eigenvalue weighted by atomic mass is 32.2. The van der Waals surface area contributed by atoms with E-state index < -0.39 is 46.2 Å². The molecule has 0 spiro atoms. The molecular weight excluding hydrogens is 555 g/mol. The fourth-order valence-electron chi connectivity index (χ4n) is 4.20. The molecule has 0 aliphatic rings. The van der Waals surface area contributed by atoms with Gasteiger partial charge in [0.05, 0.1) is 16.1 Å². The van der Waals surface area contributed by atoms with Gasteiger partial charge in [-0.05, 0) is 70.5 Å². The molecule has 0 aliphatic heterocycles. The number of carbonyl (C=O) groups is 2. The first-order valence-electron chi connectivity index (χ1n) is 13.0. The number of amides is 2. The number of carbonyl (C=O) groups excluding carboxylic acids is 2. The molecule has 0 saturated carbocycles. The van der Waals surface area contributed by atoms with Crippen LogP contribution in [-0.2, 0) is 32.3 Å². The maximum atomic E-state index is 13.9. The van der Waals surface area contributed by atoms with Gasteiger partial charge in [0.1, 0.15) is 12.6 Å². The Bertz CT molecular complexity index is 1490. The summed E-state index contributed by atoms with van der Waals surface area (Å²) in [5, 5.41) is 2.76. The highest BCUT2D eigenvalue weighted by Crippen LogP contribution is 2.33. The van der Waals surface area contributed by atoms with Crippen LogP contribution in [0.1, 0.15) is 43.0 Å². The lowest BCUT2D eigenvalue weighted by molar-refractivity contribution is -0.139. The van der Waals surface area contributed by atoms with Crippen molar-refractivity contribution in [3.8, 4) is 0 Å². The molecule has 41 heavy (non-hydrogen) atoms. The molecule has 0 saturated heterocycles. The molecule has 3 aromatic rings. The van der Waals surface area contributed by atoms with Gasteiger partial charge in [-0.2, -0.15) is 13.2 Å². The van der Waals surface area contributed by atoms with E-state index in [1.807, 2.05) is 19.1 Å². The van der Waals surface area contributed by atoms with E-state index in [4.69, 9.17) is 0 Å². The lowest BCUT2D eigenvalue weighted by atomic mass is 10.1. The third-order valence-corrected chi connectivity index (χ3v) is 8.17. The van der Waals surface area contributed by atoms with Crippen molar-refractivity contribution in [3.63, 3.8) is 0 Å². The number of hydrogen-bond donors (Lipinski definition) is 1. The van der Waals surface area contributed by atoms with Crippen molar-refractivity contribution in [1.29, 1.82) is 0 Å². The summed E-state index contributed by atoms with van der Waals surface area (Å²) in [7, 11) is -4.49. The van der Waals surface area contributed by atoms with Gasteiger partial charge < -0.3 is 10.2 Å². The Morgan fingerprint density at radius 3 is 2.10 bits per heavy atom. The van der Waals surface area contributed by atoms with Gasteiger partial charge in [0.15, 0.2) is 0 Å². The summed E-state index contributed by atoms with van der Waals surface area (Å²) in [6.07, 6.45) is -4.74. The van der Waals surface area contributed by atoms with E-state index in [9.17, 15) is 31.2 Å². The first-order chi connectivity index (χ1) is 19.1. The van der Waals surface area contributed by atoms with Gasteiger partial charge in [-0.15, -0.1) is 0 Å². The van der Waals surface area contributed by atoms with Crippen molar-refractivity contribution in [1.82, 2.24) is 10.2 Å². The Kier molecular flexibility index (Phi) is 9.85. The third-order valence-electron chi connectivity index (χ3n) is 6.38. The van der Waals surface area contributed by atoms with Gasteiger partial charge in [-0.25, -0.2) is 8.42 Å². The molecule has 0 aliphatic carbocycles. The molecule has 7 nitrogen and oxygen atoms in total. The molecule has 220 valence electrons. The van der Waals surface area contributed by atoms with Crippen LogP contribution in [0.25, 0.3) is 0 Å². The number of hydrogen-bond acceptors (Lipinski definition) is 4. The second-order valence-corrected chi connectivity index (χ2v) is 12.1. The van der Waals surface area contributed by atoms with Crippen LogP contribution in [-0.4, -0.2) is 43.8 Å². The molecule has 0 aromatic heterocycles. The lowest BCUT2D eigenvalue weighted by Crippen LogP contribution is -2.52. The van der Waals surface area contributed by atoms with Crippen LogP contribution in [0.15, 0.2) is 77.7 Å². The zero-order valence-corrected chi connectivity index (χ0v) is 24.4. The van der Waals surface area contributed by atoms with E-state index in [1.165, 1.54) is 30.0 Å². The lowest BCUT2D eigenvalue weighted by Gasteiger charge is -2.32. The number of nitrogens with zero attached hydrogens (tertiary/aromatic N) is 2. The van der Waals surface area contributed by atoms with Crippen molar-refractivity contribution in [3.05, 3.63) is 95.1 Å². The molecule has 0 heterocycles. The van der Waals surface area contributed by atoms with E-state index in [-0.39, 0.29) is 23.2 Å². The standard InChI is InChI=1S/C30H34F3N3O4S/c1-20(2)34-29(38)23(5)35(18-24-9-6-8-22(4)16-24)28(37)19-36(26-11-7-10-25(17-26)30(31,32)33)41(39,40)27-14-12-21(3)13-15-27/h6-17,20,23H,18-19H2,1-5H3,(H,34,38). The smallest absolute Gasteiger partial charge is 0.352 e. The molecule has 1 unspecified atom stereocenters. The molecule has 1 N–H and O–H groups in total. The SMILES string of the molecule is Cc1ccc(S(=O)(=O)N(CC(=O)N(Cc2cccc(C)c2)C(C)C(=O)NC(C)C)c2cccc(C(F)(F)F)c2)cc1. The van der Waals surface area contributed by atoms with Crippen LogP contribution in [0.2, 0.25) is 0 Å². The van der Waals surface area contributed by atoms with E-state index in [0.717, 1.165) is 23.3 Å². The first kappa shape index (κ1) is 31.7. The second kappa shape index (κ2) is 12.8. The zero-order chi connectivity index (χ0) is 30.5. The van der Waals surface area contributed by atoms with E-state index in [0.29, 0.717) is 15.9 Å². The van der Waals surface area contributed by atoms with Gasteiger partial charge in [-0.3, -0.25) is 13.9 Å². The number of halogens is 3. The predicted octanol–water partition coefficient (Wildman–Crippen LogP) is 5.46. The average Bonchev–Trinajstić information content (AvgIpc) is 2.89. The zero-order valence-electron chi connectivity index (χ0n) is 23.6. The van der Waals surface area contributed by atoms with Crippen molar-refractivity contribution in [2.24, 2.45) is 0 Å². The number of sulfonamides is 1. The highest BCUT2D eigenvalue weighted by Gasteiger charge is 2.35. The summed E-state index contributed by atoms with van der Waals surface area (Å²) >= 11 is 0.